The van der Waals surface area contributed by atoms with Crippen LogP contribution >= 0.6 is 11.5 Å². The van der Waals surface area contributed by atoms with Crippen LogP contribution in [0.3, 0.4) is 0 Å². The average Bonchev–Trinajstić information content (AvgIpc) is 2.94. The molecular weight excluding hydrogens is 290 g/mol. The van der Waals surface area contributed by atoms with E-state index in [-0.39, 0.29) is 5.75 Å². The van der Waals surface area contributed by atoms with Crippen LogP contribution in [0.2, 0.25) is 0 Å². The number of rotatable bonds is 2. The predicted molar refractivity (Wildman–Crippen MR) is 79.6 cm³/mol. The molecule has 4 N–H and O–H groups in total. The molecule has 0 fully saturated rings. The van der Waals surface area contributed by atoms with Crippen LogP contribution in [-0.2, 0) is 0 Å². The van der Waals surface area contributed by atoms with E-state index in [1.807, 2.05) is 5.38 Å². The van der Waals surface area contributed by atoms with Crippen molar-refractivity contribution in [1.29, 1.82) is 0 Å². The molecule has 3 aromatic rings. The molecule has 0 aliphatic carbocycles. The van der Waals surface area contributed by atoms with E-state index < -0.39 is 17.2 Å². The largest absolute Gasteiger partial charge is 0.508 e. The molecule has 0 aliphatic heterocycles. The number of phenolic OH excluding ortho intramolecular Hbond substituents is 4. The van der Waals surface area contributed by atoms with E-state index in [1.54, 1.807) is 24.3 Å². The van der Waals surface area contributed by atoms with Crippen LogP contribution in [0.5, 0.6) is 23.0 Å². The SMILES string of the molecule is Oc1ccc(-c2csnc2-c2cc(O)c(O)c(O)c2)cc1. The summed E-state index contributed by atoms with van der Waals surface area (Å²) in [4.78, 5) is 0. The molecule has 2 aromatic carbocycles. The van der Waals surface area contributed by atoms with Crippen LogP contribution in [0.4, 0.5) is 0 Å². The Morgan fingerprint density at radius 1 is 0.810 bits per heavy atom. The summed E-state index contributed by atoms with van der Waals surface area (Å²) in [6.07, 6.45) is 0. The molecule has 21 heavy (non-hydrogen) atoms. The number of aromatic nitrogens is 1. The fraction of sp³-hybridized carbons (Fsp3) is 0. The Morgan fingerprint density at radius 3 is 2.05 bits per heavy atom. The number of hydrogen-bond donors (Lipinski definition) is 4. The van der Waals surface area contributed by atoms with Gasteiger partial charge in [-0.05, 0) is 41.4 Å². The first-order valence-electron chi connectivity index (χ1n) is 6.05. The Hall–Kier alpha value is -2.73. The Bertz CT molecular complexity index is 773. The van der Waals surface area contributed by atoms with Crippen LogP contribution in [0, 0.1) is 0 Å². The highest BCUT2D eigenvalue weighted by Crippen LogP contribution is 2.41. The quantitative estimate of drug-likeness (QED) is 0.545. The van der Waals surface area contributed by atoms with Gasteiger partial charge < -0.3 is 20.4 Å². The van der Waals surface area contributed by atoms with Crippen molar-refractivity contribution in [3.63, 3.8) is 0 Å². The minimum absolute atomic E-state index is 0.170. The smallest absolute Gasteiger partial charge is 0.200 e. The number of phenols is 4. The summed E-state index contributed by atoms with van der Waals surface area (Å²) >= 11 is 1.24. The van der Waals surface area contributed by atoms with Crippen LogP contribution in [0.25, 0.3) is 22.4 Å². The minimum atomic E-state index is -0.555. The second-order valence-corrected chi connectivity index (χ2v) is 5.12. The van der Waals surface area contributed by atoms with Crippen molar-refractivity contribution in [3.8, 4) is 45.4 Å². The summed E-state index contributed by atoms with van der Waals surface area (Å²) in [5.41, 5.74) is 2.73. The predicted octanol–water partition coefficient (Wildman–Crippen LogP) is 3.30. The van der Waals surface area contributed by atoms with Gasteiger partial charge in [0.2, 0.25) is 0 Å². The fourth-order valence-corrected chi connectivity index (χ4v) is 2.75. The number of hydrogen-bond acceptors (Lipinski definition) is 6. The van der Waals surface area contributed by atoms with Gasteiger partial charge in [0.05, 0.1) is 5.69 Å². The lowest BCUT2D eigenvalue weighted by atomic mass is 10.0. The Kier molecular flexibility index (Phi) is 3.15. The molecular formula is C15H11NO4S. The highest BCUT2D eigenvalue weighted by Gasteiger charge is 2.15. The Morgan fingerprint density at radius 2 is 1.43 bits per heavy atom. The van der Waals surface area contributed by atoms with Gasteiger partial charge in [0, 0.05) is 16.5 Å². The molecule has 0 amide bonds. The summed E-state index contributed by atoms with van der Waals surface area (Å²) in [6, 6.07) is 9.33. The van der Waals surface area contributed by atoms with Gasteiger partial charge in [-0.1, -0.05) is 12.1 Å². The van der Waals surface area contributed by atoms with E-state index in [0.717, 1.165) is 11.1 Å². The number of aromatic hydroxyl groups is 4. The van der Waals surface area contributed by atoms with Crippen molar-refractivity contribution in [2.75, 3.05) is 0 Å². The van der Waals surface area contributed by atoms with E-state index in [0.29, 0.717) is 11.3 Å². The second kappa shape index (κ2) is 4.99. The van der Waals surface area contributed by atoms with Gasteiger partial charge in [0.15, 0.2) is 17.2 Å². The molecule has 0 unspecified atom stereocenters. The molecule has 0 saturated carbocycles. The molecule has 6 heteroatoms. The third-order valence-electron chi connectivity index (χ3n) is 3.09. The molecule has 3 rings (SSSR count). The van der Waals surface area contributed by atoms with Gasteiger partial charge >= 0.3 is 0 Å². The third-order valence-corrected chi connectivity index (χ3v) is 3.72. The maximum atomic E-state index is 9.61. The summed E-state index contributed by atoms with van der Waals surface area (Å²) in [7, 11) is 0. The summed E-state index contributed by atoms with van der Waals surface area (Å²) in [6.45, 7) is 0. The maximum absolute atomic E-state index is 9.61. The monoisotopic (exact) mass is 301 g/mol. The number of nitrogens with zero attached hydrogens (tertiary/aromatic N) is 1. The summed E-state index contributed by atoms with van der Waals surface area (Å²) in [5, 5.41) is 39.8. The van der Waals surface area contributed by atoms with E-state index >= 15 is 0 Å². The van der Waals surface area contributed by atoms with Gasteiger partial charge in [0.1, 0.15) is 5.75 Å². The van der Waals surface area contributed by atoms with Crippen molar-refractivity contribution in [3.05, 3.63) is 41.8 Å². The first-order valence-corrected chi connectivity index (χ1v) is 6.89. The molecule has 1 heterocycles. The van der Waals surface area contributed by atoms with Crippen LogP contribution in [0.15, 0.2) is 41.8 Å². The molecule has 0 bridgehead atoms. The zero-order valence-electron chi connectivity index (χ0n) is 10.7. The van der Waals surface area contributed by atoms with Crippen LogP contribution in [0.1, 0.15) is 0 Å². The standard InChI is InChI=1S/C15H11NO4S/c17-10-3-1-8(2-4-10)11-7-21-16-14(11)9-5-12(18)15(20)13(19)6-9/h1-7,17-20H. The molecule has 0 radical (unpaired) electrons. The Balaban J connectivity index is 2.13. The highest BCUT2D eigenvalue weighted by atomic mass is 32.1. The van der Waals surface area contributed by atoms with Crippen LogP contribution in [-0.4, -0.2) is 24.8 Å². The second-order valence-electron chi connectivity index (χ2n) is 4.49. The van der Waals surface area contributed by atoms with E-state index in [1.165, 1.54) is 23.7 Å². The fourth-order valence-electron chi connectivity index (χ4n) is 2.03. The number of benzene rings is 2. The van der Waals surface area contributed by atoms with E-state index in [9.17, 15) is 20.4 Å². The maximum Gasteiger partial charge on any atom is 0.200 e. The zero-order valence-corrected chi connectivity index (χ0v) is 11.5. The van der Waals surface area contributed by atoms with Gasteiger partial charge in [-0.25, -0.2) is 0 Å². The molecule has 0 spiro atoms. The first-order chi connectivity index (χ1) is 10.1. The Labute approximate surface area is 124 Å². The van der Waals surface area contributed by atoms with Crippen LogP contribution < -0.4 is 0 Å². The van der Waals surface area contributed by atoms with Gasteiger partial charge in [-0.2, -0.15) is 4.37 Å². The highest BCUT2D eigenvalue weighted by molar-refractivity contribution is 7.04. The molecule has 5 nitrogen and oxygen atoms in total. The first kappa shape index (κ1) is 13.3. The van der Waals surface area contributed by atoms with Crippen molar-refractivity contribution in [1.82, 2.24) is 4.37 Å². The lowest BCUT2D eigenvalue weighted by Crippen LogP contribution is -1.83. The van der Waals surface area contributed by atoms with Gasteiger partial charge in [0.25, 0.3) is 0 Å². The van der Waals surface area contributed by atoms with Crippen molar-refractivity contribution in [2.45, 2.75) is 0 Å². The minimum Gasteiger partial charge on any atom is -0.508 e. The van der Waals surface area contributed by atoms with Crippen molar-refractivity contribution < 1.29 is 20.4 Å². The van der Waals surface area contributed by atoms with E-state index in [4.69, 9.17) is 0 Å². The summed E-state index contributed by atoms with van der Waals surface area (Å²) in [5.74, 6) is -1.20. The summed E-state index contributed by atoms with van der Waals surface area (Å²) < 4.78 is 4.27. The van der Waals surface area contributed by atoms with Crippen molar-refractivity contribution >= 4 is 11.5 Å². The molecule has 1 aromatic heterocycles. The lowest BCUT2D eigenvalue weighted by molar-refractivity contribution is 0.368. The van der Waals surface area contributed by atoms with Gasteiger partial charge in [-0.3, -0.25) is 0 Å². The molecule has 0 aliphatic rings. The molecule has 0 atom stereocenters. The zero-order chi connectivity index (χ0) is 15.0. The topological polar surface area (TPSA) is 93.8 Å². The lowest BCUT2D eigenvalue weighted by Gasteiger charge is -2.06. The average molecular weight is 301 g/mol. The third kappa shape index (κ3) is 2.36. The molecule has 106 valence electrons. The van der Waals surface area contributed by atoms with Gasteiger partial charge in [-0.15, -0.1) is 0 Å². The van der Waals surface area contributed by atoms with E-state index in [2.05, 4.69) is 4.37 Å². The molecule has 0 saturated heterocycles. The normalized spacial score (nSPS) is 10.7. The van der Waals surface area contributed by atoms with Crippen molar-refractivity contribution in [2.24, 2.45) is 0 Å².